The van der Waals surface area contributed by atoms with E-state index in [1.54, 1.807) is 20.3 Å². The van der Waals surface area contributed by atoms with Gasteiger partial charge in [0.2, 0.25) is 5.95 Å². The van der Waals surface area contributed by atoms with E-state index in [0.717, 1.165) is 49.2 Å². The number of nitrogens with one attached hydrogen (secondary N) is 2. The molecule has 1 saturated heterocycles. The molecule has 2 aromatic carbocycles. The van der Waals surface area contributed by atoms with E-state index in [2.05, 4.69) is 37.4 Å². The van der Waals surface area contributed by atoms with Crippen LogP contribution in [0.3, 0.4) is 0 Å². The van der Waals surface area contributed by atoms with Crippen molar-refractivity contribution in [3.63, 3.8) is 0 Å². The number of piperazine rings is 1. The number of rotatable bonds is 7. The van der Waals surface area contributed by atoms with Gasteiger partial charge in [0, 0.05) is 50.1 Å². The van der Waals surface area contributed by atoms with Crippen molar-refractivity contribution in [1.29, 1.82) is 0 Å². The second-order valence-electron chi connectivity index (χ2n) is 10.3. The van der Waals surface area contributed by atoms with Gasteiger partial charge in [-0.1, -0.05) is 0 Å². The third-order valence-electron chi connectivity index (χ3n) is 7.13. The molecule has 3 heterocycles. The Hall–Kier alpha value is -3.76. The van der Waals surface area contributed by atoms with Crippen molar-refractivity contribution < 1.29 is 18.7 Å². The number of halogens is 1. The second kappa shape index (κ2) is 10.2. The van der Waals surface area contributed by atoms with E-state index >= 15 is 4.39 Å². The summed E-state index contributed by atoms with van der Waals surface area (Å²) < 4.78 is 26.0. The zero-order valence-electron chi connectivity index (χ0n) is 22.4. The minimum Gasteiger partial charge on any atom is -0.495 e. The lowest BCUT2D eigenvalue weighted by Crippen LogP contribution is -2.44. The normalized spacial score (nSPS) is 16.8. The minimum absolute atomic E-state index is 0.0920. The fourth-order valence-corrected chi connectivity index (χ4v) is 5.24. The number of aromatic nitrogens is 2. The predicted octanol–water partition coefficient (Wildman–Crippen LogP) is 3.91. The molecule has 1 aromatic heterocycles. The number of carbonyl (C=O) groups is 1. The van der Waals surface area contributed by atoms with Crippen molar-refractivity contribution in [2.45, 2.75) is 26.0 Å². The van der Waals surface area contributed by atoms with E-state index in [0.29, 0.717) is 22.6 Å². The summed E-state index contributed by atoms with van der Waals surface area (Å²) in [6.45, 7) is 7.97. The monoisotopic (exact) mass is 520 g/mol. The third kappa shape index (κ3) is 4.89. The van der Waals surface area contributed by atoms with Gasteiger partial charge in [-0.15, -0.1) is 0 Å². The molecule has 200 valence electrons. The van der Waals surface area contributed by atoms with Crippen molar-refractivity contribution in [2.24, 2.45) is 0 Å². The average molecular weight is 521 g/mol. The maximum Gasteiger partial charge on any atom is 0.252 e. The van der Waals surface area contributed by atoms with Crippen molar-refractivity contribution >= 4 is 23.2 Å². The van der Waals surface area contributed by atoms with Crippen LogP contribution in [0, 0.1) is 5.82 Å². The molecule has 0 radical (unpaired) electrons. The molecule has 38 heavy (non-hydrogen) atoms. The maximum absolute atomic E-state index is 15.1. The standard InChI is InChI=1S/C28H33FN6O3/c1-28(2)24-18(16-37-4)12-17(13-20(24)26(36)33-28)25-21(29)15-30-27(32-25)31-22-14-19(6-7-23(22)38-5)35-10-8-34(3)9-11-35/h6-7,12-15H,8-11,16H2,1-5H3,(H,33,36)(H,30,31,32). The highest BCUT2D eigenvalue weighted by Crippen LogP contribution is 2.38. The number of carbonyl (C=O) groups excluding carboxylic acids is 1. The summed E-state index contributed by atoms with van der Waals surface area (Å²) in [6, 6.07) is 9.44. The fourth-order valence-electron chi connectivity index (χ4n) is 5.24. The SMILES string of the molecule is COCc1cc(-c2nc(Nc3cc(N4CCN(C)CC4)ccc3OC)ncc2F)cc2c1C(C)(C)NC2=O. The molecule has 1 fully saturated rings. The van der Waals surface area contributed by atoms with Crippen LogP contribution in [-0.2, 0) is 16.9 Å². The van der Waals surface area contributed by atoms with Gasteiger partial charge in [-0.05, 0) is 62.4 Å². The smallest absolute Gasteiger partial charge is 0.252 e. The van der Waals surface area contributed by atoms with Gasteiger partial charge in [-0.25, -0.2) is 14.4 Å². The Morgan fingerprint density at radius 2 is 1.89 bits per heavy atom. The molecule has 9 nitrogen and oxygen atoms in total. The van der Waals surface area contributed by atoms with Crippen molar-refractivity contribution in [1.82, 2.24) is 20.2 Å². The van der Waals surface area contributed by atoms with E-state index in [4.69, 9.17) is 9.47 Å². The molecule has 5 rings (SSSR count). The molecular weight excluding hydrogens is 487 g/mol. The summed E-state index contributed by atoms with van der Waals surface area (Å²) in [6.07, 6.45) is 1.13. The Morgan fingerprint density at radius 1 is 1.13 bits per heavy atom. The zero-order valence-corrected chi connectivity index (χ0v) is 22.4. The molecule has 0 spiro atoms. The van der Waals surface area contributed by atoms with Crippen LogP contribution in [0.4, 0.5) is 21.7 Å². The van der Waals surface area contributed by atoms with E-state index < -0.39 is 11.4 Å². The Morgan fingerprint density at radius 3 is 2.61 bits per heavy atom. The summed E-state index contributed by atoms with van der Waals surface area (Å²) in [5.74, 6) is 0.0436. The fraction of sp³-hybridized carbons (Fsp3) is 0.393. The molecule has 0 bridgehead atoms. The molecule has 10 heteroatoms. The highest BCUT2D eigenvalue weighted by Gasteiger charge is 2.37. The third-order valence-corrected chi connectivity index (χ3v) is 7.13. The first kappa shape index (κ1) is 25.9. The van der Waals surface area contributed by atoms with Gasteiger partial charge in [0.15, 0.2) is 5.82 Å². The van der Waals surface area contributed by atoms with Gasteiger partial charge >= 0.3 is 0 Å². The minimum atomic E-state index is -0.588. The number of benzene rings is 2. The summed E-state index contributed by atoms with van der Waals surface area (Å²) in [7, 11) is 5.31. The summed E-state index contributed by atoms with van der Waals surface area (Å²) in [4.78, 5) is 26.1. The van der Waals surface area contributed by atoms with Gasteiger partial charge in [-0.2, -0.15) is 0 Å². The topological polar surface area (TPSA) is 91.8 Å². The van der Waals surface area contributed by atoms with Crippen LogP contribution in [0.15, 0.2) is 36.5 Å². The lowest BCUT2D eigenvalue weighted by molar-refractivity contribution is 0.0940. The highest BCUT2D eigenvalue weighted by molar-refractivity contribution is 6.01. The quantitative estimate of drug-likeness (QED) is 0.485. The van der Waals surface area contributed by atoms with Crippen LogP contribution >= 0.6 is 0 Å². The van der Waals surface area contributed by atoms with Crippen molar-refractivity contribution in [3.05, 3.63) is 59.0 Å². The number of anilines is 3. The predicted molar refractivity (Wildman–Crippen MR) is 145 cm³/mol. The Balaban J connectivity index is 1.50. The molecule has 2 N–H and O–H groups in total. The highest BCUT2D eigenvalue weighted by atomic mass is 19.1. The Kier molecular flexibility index (Phi) is 6.93. The molecule has 0 saturated carbocycles. The van der Waals surface area contributed by atoms with E-state index in [1.807, 2.05) is 38.1 Å². The largest absolute Gasteiger partial charge is 0.495 e. The number of nitrogens with zero attached hydrogens (tertiary/aromatic N) is 4. The molecule has 0 unspecified atom stereocenters. The molecule has 2 aliphatic rings. The second-order valence-corrected chi connectivity index (χ2v) is 10.3. The van der Waals surface area contributed by atoms with Crippen molar-refractivity contribution in [2.75, 3.05) is 57.7 Å². The maximum atomic E-state index is 15.1. The van der Waals surface area contributed by atoms with Gasteiger partial charge in [0.1, 0.15) is 11.4 Å². The average Bonchev–Trinajstić information content (AvgIpc) is 3.13. The molecule has 0 aliphatic carbocycles. The lowest BCUT2D eigenvalue weighted by Gasteiger charge is -2.34. The number of ether oxygens (including phenoxy) is 2. The number of hydrogen-bond donors (Lipinski definition) is 2. The molecule has 0 atom stereocenters. The van der Waals surface area contributed by atoms with Gasteiger partial charge < -0.3 is 29.9 Å². The van der Waals surface area contributed by atoms with Gasteiger partial charge in [0.25, 0.3) is 5.91 Å². The molecule has 2 aliphatic heterocycles. The van der Waals surface area contributed by atoms with Crippen LogP contribution < -0.4 is 20.3 Å². The zero-order chi connectivity index (χ0) is 27.0. The Labute approximate surface area is 222 Å². The van der Waals surface area contributed by atoms with Crippen LogP contribution in [0.1, 0.15) is 35.3 Å². The molecular formula is C28H33FN6O3. The van der Waals surface area contributed by atoms with Crippen molar-refractivity contribution in [3.8, 4) is 17.0 Å². The van der Waals surface area contributed by atoms with Crippen LogP contribution in [0.2, 0.25) is 0 Å². The number of amides is 1. The number of hydrogen-bond acceptors (Lipinski definition) is 8. The van der Waals surface area contributed by atoms with Crippen LogP contribution in [0.25, 0.3) is 11.3 Å². The van der Waals surface area contributed by atoms with Crippen LogP contribution in [-0.4, -0.2) is 68.2 Å². The Bertz CT molecular complexity index is 1370. The summed E-state index contributed by atoms with van der Waals surface area (Å²) >= 11 is 0. The first-order valence-electron chi connectivity index (χ1n) is 12.6. The molecule has 1 amide bonds. The summed E-state index contributed by atoms with van der Waals surface area (Å²) in [5, 5.41) is 6.20. The van der Waals surface area contributed by atoms with E-state index in [9.17, 15) is 4.79 Å². The van der Waals surface area contributed by atoms with Gasteiger partial charge in [-0.3, -0.25) is 4.79 Å². The first-order chi connectivity index (χ1) is 18.2. The van der Waals surface area contributed by atoms with Crippen LogP contribution in [0.5, 0.6) is 5.75 Å². The number of fused-ring (bicyclic) bond motifs is 1. The van der Waals surface area contributed by atoms with Gasteiger partial charge in [0.05, 0.1) is 31.1 Å². The van der Waals surface area contributed by atoms with E-state index in [1.165, 1.54) is 0 Å². The lowest BCUT2D eigenvalue weighted by atomic mass is 9.88. The van der Waals surface area contributed by atoms with E-state index in [-0.39, 0.29) is 24.2 Å². The first-order valence-corrected chi connectivity index (χ1v) is 12.6. The molecule has 3 aromatic rings. The number of methoxy groups -OCH3 is 2. The number of likely N-dealkylation sites (N-methyl/N-ethyl adjacent to an activating group) is 1. The summed E-state index contributed by atoms with van der Waals surface area (Å²) in [5.41, 5.74) is 3.90.